The third-order valence-corrected chi connectivity index (χ3v) is 2.39. The van der Waals surface area contributed by atoms with Gasteiger partial charge in [-0.25, -0.2) is 4.98 Å². The van der Waals surface area contributed by atoms with Crippen LogP contribution in [0.3, 0.4) is 0 Å². The average Bonchev–Trinajstić information content (AvgIpc) is 2.93. The fourth-order valence-electron chi connectivity index (χ4n) is 1.46. The minimum Gasteiger partial charge on any atom is -0.352 e. The summed E-state index contributed by atoms with van der Waals surface area (Å²) in [7, 11) is 0. The van der Waals surface area contributed by atoms with Crippen molar-refractivity contribution in [2.24, 2.45) is 5.11 Å². The highest BCUT2D eigenvalue weighted by molar-refractivity contribution is 5.93. The van der Waals surface area contributed by atoms with Crippen LogP contribution in [-0.2, 0) is 6.42 Å². The first kappa shape index (κ1) is 12.6. The van der Waals surface area contributed by atoms with E-state index >= 15 is 0 Å². The molecule has 2 aromatic rings. The maximum Gasteiger partial charge on any atom is 0.252 e. The predicted octanol–water partition coefficient (Wildman–Crippen LogP) is 1.72. The van der Waals surface area contributed by atoms with Crippen LogP contribution in [0, 0.1) is 0 Å². The molecular formula is C11H11N7O. The Morgan fingerprint density at radius 2 is 2.37 bits per heavy atom. The molecule has 0 aliphatic carbocycles. The number of nitrogens with one attached hydrogen (secondary N) is 2. The Hall–Kier alpha value is -2.86. The number of H-pyrrole nitrogens is 1. The molecule has 2 N–H and O–H groups in total. The number of aromatic amines is 1. The number of carbonyl (C=O) groups is 1. The summed E-state index contributed by atoms with van der Waals surface area (Å²) in [5.74, 6) is 0.0102. The van der Waals surface area contributed by atoms with Gasteiger partial charge in [0.15, 0.2) is 0 Å². The normalized spacial score (nSPS) is 9.68. The summed E-state index contributed by atoms with van der Waals surface area (Å²) in [6.45, 7) is 0.499. The Morgan fingerprint density at radius 3 is 3.00 bits per heavy atom. The van der Waals surface area contributed by atoms with Gasteiger partial charge >= 0.3 is 0 Å². The molecule has 0 unspecified atom stereocenters. The van der Waals surface area contributed by atoms with Crippen molar-refractivity contribution in [3.63, 3.8) is 0 Å². The standard InChI is InChI=1S/C11H11N7O/c12-18-17-10-2-1-8(5-15-10)11(19)14-4-3-9-6-13-7-16-9/h1-2,5-7H,3-4H2,(H,13,16)(H,14,19). The van der Waals surface area contributed by atoms with Crippen molar-refractivity contribution in [1.82, 2.24) is 20.3 Å². The summed E-state index contributed by atoms with van der Waals surface area (Å²) in [6.07, 6.45) is 5.35. The van der Waals surface area contributed by atoms with Crippen molar-refractivity contribution in [3.05, 3.63) is 52.6 Å². The number of carbonyl (C=O) groups excluding carboxylic acids is 1. The molecule has 1 amide bonds. The molecule has 0 aromatic carbocycles. The van der Waals surface area contributed by atoms with E-state index in [1.165, 1.54) is 12.3 Å². The van der Waals surface area contributed by atoms with Gasteiger partial charge in [0.25, 0.3) is 5.91 Å². The van der Waals surface area contributed by atoms with Crippen molar-refractivity contribution in [3.8, 4) is 0 Å². The molecule has 0 spiro atoms. The van der Waals surface area contributed by atoms with Crippen LogP contribution in [0.2, 0.25) is 0 Å². The summed E-state index contributed by atoms with van der Waals surface area (Å²) in [6, 6.07) is 3.05. The first-order chi connectivity index (χ1) is 9.29. The van der Waals surface area contributed by atoms with Crippen molar-refractivity contribution in [1.29, 1.82) is 0 Å². The molecule has 0 aliphatic heterocycles. The Balaban J connectivity index is 1.87. The minimum atomic E-state index is -0.223. The summed E-state index contributed by atoms with van der Waals surface area (Å²) < 4.78 is 0. The van der Waals surface area contributed by atoms with E-state index in [0.717, 1.165) is 5.69 Å². The van der Waals surface area contributed by atoms with Crippen LogP contribution in [0.25, 0.3) is 10.4 Å². The molecule has 2 heterocycles. The number of amides is 1. The van der Waals surface area contributed by atoms with Gasteiger partial charge in [0.1, 0.15) is 5.82 Å². The van der Waals surface area contributed by atoms with Crippen LogP contribution in [0.4, 0.5) is 5.82 Å². The lowest BCUT2D eigenvalue weighted by molar-refractivity contribution is 0.0954. The van der Waals surface area contributed by atoms with Gasteiger partial charge < -0.3 is 10.3 Å². The van der Waals surface area contributed by atoms with Gasteiger partial charge in [-0.15, -0.1) is 0 Å². The lowest BCUT2D eigenvalue weighted by Crippen LogP contribution is -2.25. The van der Waals surface area contributed by atoms with E-state index in [4.69, 9.17) is 5.53 Å². The molecule has 0 radical (unpaired) electrons. The average molecular weight is 257 g/mol. The van der Waals surface area contributed by atoms with E-state index < -0.39 is 0 Å². The maximum atomic E-state index is 11.8. The summed E-state index contributed by atoms with van der Waals surface area (Å²) >= 11 is 0. The van der Waals surface area contributed by atoms with E-state index in [1.54, 1.807) is 18.6 Å². The molecular weight excluding hydrogens is 246 g/mol. The van der Waals surface area contributed by atoms with Crippen LogP contribution in [0.15, 0.2) is 36.0 Å². The number of azide groups is 1. The summed E-state index contributed by atoms with van der Waals surface area (Å²) in [5.41, 5.74) is 9.61. The van der Waals surface area contributed by atoms with Crippen LogP contribution >= 0.6 is 0 Å². The van der Waals surface area contributed by atoms with E-state index in [-0.39, 0.29) is 11.7 Å². The lowest BCUT2D eigenvalue weighted by Gasteiger charge is -2.03. The number of nitrogens with zero attached hydrogens (tertiary/aromatic N) is 5. The molecule has 0 bridgehead atoms. The zero-order chi connectivity index (χ0) is 13.5. The Labute approximate surface area is 108 Å². The third-order valence-electron chi connectivity index (χ3n) is 2.39. The Morgan fingerprint density at radius 1 is 1.47 bits per heavy atom. The van der Waals surface area contributed by atoms with Gasteiger partial charge in [0.05, 0.1) is 11.9 Å². The van der Waals surface area contributed by atoms with Crippen LogP contribution in [0.1, 0.15) is 16.1 Å². The van der Waals surface area contributed by atoms with Gasteiger partial charge in [-0.3, -0.25) is 9.78 Å². The van der Waals surface area contributed by atoms with Gasteiger partial charge in [-0.2, -0.15) is 0 Å². The smallest absolute Gasteiger partial charge is 0.252 e. The topological polar surface area (TPSA) is 119 Å². The SMILES string of the molecule is [N-]=[N+]=Nc1ccc(C(=O)NCCc2cnc[nH]2)cn1. The number of hydrogen-bond donors (Lipinski definition) is 2. The zero-order valence-corrected chi connectivity index (χ0v) is 9.95. The van der Waals surface area contributed by atoms with Gasteiger partial charge in [-0.05, 0) is 22.8 Å². The van der Waals surface area contributed by atoms with E-state index in [0.29, 0.717) is 18.5 Å². The highest BCUT2D eigenvalue weighted by Gasteiger charge is 2.05. The molecule has 19 heavy (non-hydrogen) atoms. The molecule has 2 aromatic heterocycles. The summed E-state index contributed by atoms with van der Waals surface area (Å²) in [5, 5.41) is 6.09. The summed E-state index contributed by atoms with van der Waals surface area (Å²) in [4.78, 5) is 25.1. The number of pyridine rings is 1. The van der Waals surface area contributed by atoms with Gasteiger partial charge in [0, 0.05) is 36.0 Å². The monoisotopic (exact) mass is 257 g/mol. The second kappa shape index (κ2) is 6.18. The molecule has 2 rings (SSSR count). The van der Waals surface area contributed by atoms with E-state index in [2.05, 4.69) is 30.3 Å². The highest BCUT2D eigenvalue weighted by Crippen LogP contribution is 2.08. The van der Waals surface area contributed by atoms with Crippen LogP contribution in [-0.4, -0.2) is 27.4 Å². The molecule has 8 nitrogen and oxygen atoms in total. The number of aromatic nitrogens is 3. The van der Waals surface area contributed by atoms with Gasteiger partial charge in [0.2, 0.25) is 0 Å². The third kappa shape index (κ3) is 3.55. The van der Waals surface area contributed by atoms with E-state index in [1.807, 2.05) is 0 Å². The zero-order valence-electron chi connectivity index (χ0n) is 9.95. The number of imidazole rings is 1. The number of rotatable bonds is 5. The fourth-order valence-corrected chi connectivity index (χ4v) is 1.46. The molecule has 0 saturated carbocycles. The van der Waals surface area contributed by atoms with Crippen molar-refractivity contribution >= 4 is 11.7 Å². The van der Waals surface area contributed by atoms with Crippen LogP contribution < -0.4 is 5.32 Å². The Kier molecular flexibility index (Phi) is 4.09. The predicted molar refractivity (Wildman–Crippen MR) is 67.7 cm³/mol. The van der Waals surface area contributed by atoms with Crippen molar-refractivity contribution < 1.29 is 4.79 Å². The molecule has 0 atom stereocenters. The highest BCUT2D eigenvalue weighted by atomic mass is 16.1. The van der Waals surface area contributed by atoms with E-state index in [9.17, 15) is 4.79 Å². The van der Waals surface area contributed by atoms with Gasteiger partial charge in [-0.1, -0.05) is 0 Å². The Bertz CT molecular complexity index is 584. The lowest BCUT2D eigenvalue weighted by atomic mass is 10.2. The largest absolute Gasteiger partial charge is 0.352 e. The second-order valence-electron chi connectivity index (χ2n) is 3.68. The molecule has 0 saturated heterocycles. The molecule has 0 fully saturated rings. The first-order valence-electron chi connectivity index (χ1n) is 5.56. The molecule has 0 aliphatic rings. The number of hydrogen-bond acceptors (Lipinski definition) is 4. The maximum absolute atomic E-state index is 11.8. The fraction of sp³-hybridized carbons (Fsp3) is 0.182. The van der Waals surface area contributed by atoms with Crippen molar-refractivity contribution in [2.45, 2.75) is 6.42 Å². The molecule has 8 heteroatoms. The molecule has 96 valence electrons. The van der Waals surface area contributed by atoms with Crippen LogP contribution in [0.5, 0.6) is 0 Å². The second-order valence-corrected chi connectivity index (χ2v) is 3.68. The van der Waals surface area contributed by atoms with Crippen molar-refractivity contribution in [2.75, 3.05) is 6.54 Å². The quantitative estimate of drug-likeness (QED) is 0.482. The first-order valence-corrected chi connectivity index (χ1v) is 5.56. The minimum absolute atomic E-state index is 0.223.